The predicted molar refractivity (Wildman–Crippen MR) is 67.1 cm³/mol. The van der Waals surface area contributed by atoms with E-state index < -0.39 is 5.97 Å². The van der Waals surface area contributed by atoms with E-state index in [-0.39, 0.29) is 0 Å². The monoisotopic (exact) mass is 243 g/mol. The Kier molecular flexibility index (Phi) is 5.92. The van der Waals surface area contributed by atoms with Crippen molar-refractivity contribution in [1.29, 1.82) is 0 Å². The first-order valence-electron chi connectivity index (χ1n) is 6.49. The van der Waals surface area contributed by atoms with Crippen LogP contribution in [-0.4, -0.2) is 48.8 Å². The summed E-state index contributed by atoms with van der Waals surface area (Å²) in [6.07, 6.45) is 2.32. The van der Waals surface area contributed by atoms with E-state index in [0.29, 0.717) is 24.3 Å². The lowest BCUT2D eigenvalue weighted by molar-refractivity contribution is -0.138. The van der Waals surface area contributed by atoms with Gasteiger partial charge in [0.15, 0.2) is 0 Å². The summed E-state index contributed by atoms with van der Waals surface area (Å²) in [5.74, 6) is 0.269. The van der Waals surface area contributed by atoms with E-state index in [4.69, 9.17) is 9.84 Å². The summed E-state index contributed by atoms with van der Waals surface area (Å²) in [7, 11) is 1.74. The van der Waals surface area contributed by atoms with Crippen molar-refractivity contribution in [3.05, 3.63) is 0 Å². The molecule has 1 unspecified atom stereocenters. The van der Waals surface area contributed by atoms with E-state index in [1.165, 1.54) is 0 Å². The maximum atomic E-state index is 10.7. The Morgan fingerprint density at radius 2 is 2.00 bits per heavy atom. The quantitative estimate of drug-likeness (QED) is 0.773. The summed E-state index contributed by atoms with van der Waals surface area (Å²) in [5, 5.41) is 8.78. The van der Waals surface area contributed by atoms with Crippen LogP contribution in [0, 0.1) is 11.8 Å². The molecular formula is C13H25NO3. The molecule has 0 spiro atoms. The van der Waals surface area contributed by atoms with Gasteiger partial charge >= 0.3 is 5.97 Å². The third-order valence-electron chi connectivity index (χ3n) is 3.69. The smallest absolute Gasteiger partial charge is 0.303 e. The zero-order valence-corrected chi connectivity index (χ0v) is 11.2. The highest BCUT2D eigenvalue weighted by Crippen LogP contribution is 2.24. The van der Waals surface area contributed by atoms with Crippen LogP contribution in [0.1, 0.15) is 33.1 Å². The highest BCUT2D eigenvalue weighted by atomic mass is 16.5. The van der Waals surface area contributed by atoms with Crippen molar-refractivity contribution in [1.82, 2.24) is 4.90 Å². The molecule has 0 aromatic heterocycles. The molecule has 0 aromatic carbocycles. The number of aliphatic carboxylic acids is 1. The fourth-order valence-corrected chi connectivity index (χ4v) is 2.63. The number of methoxy groups -OCH3 is 1. The number of rotatable bonds is 6. The number of likely N-dealkylation sites (tertiary alicyclic amines) is 1. The number of carbonyl (C=O) groups is 1. The van der Waals surface area contributed by atoms with Crippen molar-refractivity contribution in [2.75, 3.05) is 26.8 Å². The SMILES string of the molecule is COCC(C(C)C)N1CCC(CC(=O)O)CC1. The largest absolute Gasteiger partial charge is 0.481 e. The molecule has 0 saturated carbocycles. The predicted octanol–water partition coefficient (Wildman–Crippen LogP) is 1.84. The summed E-state index contributed by atoms with van der Waals surface area (Å²) in [6, 6.07) is 0.464. The summed E-state index contributed by atoms with van der Waals surface area (Å²) >= 11 is 0. The van der Waals surface area contributed by atoms with Gasteiger partial charge in [-0.25, -0.2) is 0 Å². The molecule has 1 N–H and O–H groups in total. The molecule has 1 atom stereocenters. The molecule has 1 rings (SSSR count). The zero-order valence-electron chi connectivity index (χ0n) is 11.2. The van der Waals surface area contributed by atoms with Crippen LogP contribution < -0.4 is 0 Å². The second-order valence-corrected chi connectivity index (χ2v) is 5.34. The van der Waals surface area contributed by atoms with Crippen molar-refractivity contribution in [2.24, 2.45) is 11.8 Å². The van der Waals surface area contributed by atoms with E-state index in [9.17, 15) is 4.79 Å². The van der Waals surface area contributed by atoms with Crippen LogP contribution in [0.15, 0.2) is 0 Å². The van der Waals surface area contributed by atoms with Crippen molar-refractivity contribution < 1.29 is 14.6 Å². The second kappa shape index (κ2) is 6.97. The maximum absolute atomic E-state index is 10.7. The number of hydrogen-bond acceptors (Lipinski definition) is 3. The first-order chi connectivity index (χ1) is 8.04. The third-order valence-corrected chi connectivity index (χ3v) is 3.69. The number of nitrogens with zero attached hydrogens (tertiary/aromatic N) is 1. The maximum Gasteiger partial charge on any atom is 0.303 e. The molecule has 4 heteroatoms. The van der Waals surface area contributed by atoms with Gasteiger partial charge in [-0.2, -0.15) is 0 Å². The van der Waals surface area contributed by atoms with Gasteiger partial charge in [0.1, 0.15) is 0 Å². The Balaban J connectivity index is 2.41. The Morgan fingerprint density at radius 3 is 2.41 bits per heavy atom. The van der Waals surface area contributed by atoms with Crippen molar-refractivity contribution in [3.63, 3.8) is 0 Å². The average Bonchev–Trinajstić information content (AvgIpc) is 2.26. The van der Waals surface area contributed by atoms with Gasteiger partial charge in [0.05, 0.1) is 6.61 Å². The standard InChI is InChI=1S/C13H25NO3/c1-10(2)12(9-17-3)14-6-4-11(5-7-14)8-13(15)16/h10-12H,4-9H2,1-3H3,(H,15,16). The molecule has 1 saturated heterocycles. The third kappa shape index (κ3) is 4.64. The molecule has 0 aromatic rings. The average molecular weight is 243 g/mol. The minimum atomic E-state index is -0.666. The van der Waals surface area contributed by atoms with Crippen molar-refractivity contribution >= 4 is 5.97 Å². The molecule has 1 aliphatic heterocycles. The first kappa shape index (κ1) is 14.5. The Labute approximate surface area is 104 Å². The molecule has 0 bridgehead atoms. The second-order valence-electron chi connectivity index (χ2n) is 5.34. The highest BCUT2D eigenvalue weighted by molar-refractivity contribution is 5.67. The summed E-state index contributed by atoms with van der Waals surface area (Å²) in [5.41, 5.74) is 0. The van der Waals surface area contributed by atoms with Gasteiger partial charge in [-0.05, 0) is 37.8 Å². The molecule has 1 fully saturated rings. The van der Waals surface area contributed by atoms with Crippen LogP contribution in [-0.2, 0) is 9.53 Å². The number of carboxylic acids is 1. The van der Waals surface area contributed by atoms with Gasteiger partial charge in [0.25, 0.3) is 0 Å². The lowest BCUT2D eigenvalue weighted by Gasteiger charge is -2.38. The lowest BCUT2D eigenvalue weighted by Crippen LogP contribution is -2.46. The molecule has 100 valence electrons. The topological polar surface area (TPSA) is 49.8 Å². The molecule has 1 heterocycles. The van der Waals surface area contributed by atoms with Crippen LogP contribution in [0.2, 0.25) is 0 Å². The fourth-order valence-electron chi connectivity index (χ4n) is 2.63. The Hall–Kier alpha value is -0.610. The highest BCUT2D eigenvalue weighted by Gasteiger charge is 2.27. The molecule has 0 radical (unpaired) electrons. The minimum Gasteiger partial charge on any atom is -0.481 e. The zero-order chi connectivity index (χ0) is 12.8. The number of carboxylic acid groups (broad SMARTS) is 1. The van der Waals surface area contributed by atoms with Gasteiger partial charge in [-0.15, -0.1) is 0 Å². The lowest BCUT2D eigenvalue weighted by atomic mass is 9.91. The van der Waals surface area contributed by atoms with Gasteiger partial charge in [0.2, 0.25) is 0 Å². The van der Waals surface area contributed by atoms with E-state index in [2.05, 4.69) is 18.7 Å². The minimum absolute atomic E-state index is 0.324. The Bertz CT molecular complexity index is 235. The normalized spacial score (nSPS) is 20.7. The van der Waals surface area contributed by atoms with Gasteiger partial charge in [0, 0.05) is 19.6 Å². The molecule has 0 aliphatic carbocycles. The molecule has 4 nitrogen and oxygen atoms in total. The van der Waals surface area contributed by atoms with Crippen LogP contribution in [0.4, 0.5) is 0 Å². The summed E-state index contributed by atoms with van der Waals surface area (Å²) in [6.45, 7) is 7.20. The fraction of sp³-hybridized carbons (Fsp3) is 0.923. The summed E-state index contributed by atoms with van der Waals surface area (Å²) < 4.78 is 5.27. The van der Waals surface area contributed by atoms with E-state index in [1.54, 1.807) is 7.11 Å². The van der Waals surface area contributed by atoms with Gasteiger partial charge in [-0.3, -0.25) is 9.69 Å². The number of ether oxygens (including phenoxy) is 1. The molecule has 0 amide bonds. The summed E-state index contributed by atoms with van der Waals surface area (Å²) in [4.78, 5) is 13.1. The molecular weight excluding hydrogens is 218 g/mol. The van der Waals surface area contributed by atoms with Crippen molar-refractivity contribution in [2.45, 2.75) is 39.2 Å². The molecule has 1 aliphatic rings. The van der Waals surface area contributed by atoms with E-state index in [0.717, 1.165) is 32.5 Å². The molecule has 17 heavy (non-hydrogen) atoms. The van der Waals surface area contributed by atoms with Gasteiger partial charge in [-0.1, -0.05) is 13.8 Å². The first-order valence-corrected chi connectivity index (χ1v) is 6.49. The van der Waals surface area contributed by atoms with Crippen LogP contribution >= 0.6 is 0 Å². The number of piperidine rings is 1. The van der Waals surface area contributed by atoms with Crippen LogP contribution in [0.5, 0.6) is 0 Å². The van der Waals surface area contributed by atoms with Crippen LogP contribution in [0.3, 0.4) is 0 Å². The van der Waals surface area contributed by atoms with Crippen LogP contribution in [0.25, 0.3) is 0 Å². The Morgan fingerprint density at radius 1 is 1.41 bits per heavy atom. The van der Waals surface area contributed by atoms with E-state index >= 15 is 0 Å². The van der Waals surface area contributed by atoms with Crippen molar-refractivity contribution in [3.8, 4) is 0 Å². The van der Waals surface area contributed by atoms with E-state index in [1.807, 2.05) is 0 Å². The van der Waals surface area contributed by atoms with Gasteiger partial charge < -0.3 is 9.84 Å². The number of hydrogen-bond donors (Lipinski definition) is 1.